The van der Waals surface area contributed by atoms with Gasteiger partial charge in [0.25, 0.3) is 5.91 Å². The Morgan fingerprint density at radius 1 is 1.30 bits per heavy atom. The maximum absolute atomic E-state index is 12.2. The molecule has 23 heavy (non-hydrogen) atoms. The molecule has 3 N–H and O–H groups in total. The highest BCUT2D eigenvalue weighted by atomic mass is 16.2. The van der Waals surface area contributed by atoms with Crippen LogP contribution in [0.15, 0.2) is 30.5 Å². The summed E-state index contributed by atoms with van der Waals surface area (Å²) in [5, 5.41) is 14.6. The maximum atomic E-state index is 12.2. The summed E-state index contributed by atoms with van der Waals surface area (Å²) in [5.41, 5.74) is 7.05. The summed E-state index contributed by atoms with van der Waals surface area (Å²) in [7, 11) is 0. The second kappa shape index (κ2) is 5.87. The van der Waals surface area contributed by atoms with Crippen LogP contribution < -0.4 is 11.1 Å². The quantitative estimate of drug-likeness (QED) is 0.705. The van der Waals surface area contributed by atoms with Crippen LogP contribution in [0.25, 0.3) is 11.0 Å². The minimum absolute atomic E-state index is 0.0312. The maximum Gasteiger partial charge on any atom is 0.271 e. The second-order valence-electron chi connectivity index (χ2n) is 4.90. The third kappa shape index (κ3) is 2.89. The van der Waals surface area contributed by atoms with Crippen LogP contribution in [0.2, 0.25) is 0 Å². The van der Waals surface area contributed by atoms with Crippen molar-refractivity contribution in [2.45, 2.75) is 20.0 Å². The first-order valence-corrected chi connectivity index (χ1v) is 7.04. The number of nitrogens with zero attached hydrogens (tertiary/aromatic N) is 5. The van der Waals surface area contributed by atoms with Crippen LogP contribution in [0.4, 0.5) is 5.69 Å². The predicted octanol–water partition coefficient (Wildman–Crippen LogP) is 0.385. The third-order valence-corrected chi connectivity index (χ3v) is 3.31. The fraction of sp³-hybridized carbons (Fsp3) is 0.214. The topological polar surface area (TPSA) is 121 Å². The Morgan fingerprint density at radius 2 is 2.09 bits per heavy atom. The molecule has 118 valence electrons. The molecule has 0 radical (unpaired) electrons. The third-order valence-electron chi connectivity index (χ3n) is 3.31. The first-order valence-electron chi connectivity index (χ1n) is 7.04. The van der Waals surface area contributed by atoms with Crippen LogP contribution in [0.5, 0.6) is 0 Å². The molecule has 1 aromatic carbocycles. The van der Waals surface area contributed by atoms with Crippen molar-refractivity contribution in [3.63, 3.8) is 0 Å². The standard InChI is InChI=1S/C14H15N7O2/c1-2-20-7-10(13(18-20)14(15)23)16-12(22)8-21-11-6-4-3-5-9(11)17-19-21/h3-7H,2,8H2,1H3,(H2,15,23)(H,16,22). The molecule has 3 rings (SSSR count). The van der Waals surface area contributed by atoms with Crippen LogP contribution in [0.1, 0.15) is 17.4 Å². The van der Waals surface area contributed by atoms with Gasteiger partial charge in [-0.05, 0) is 19.1 Å². The van der Waals surface area contributed by atoms with Crippen LogP contribution in [0.3, 0.4) is 0 Å². The highest BCUT2D eigenvalue weighted by Crippen LogP contribution is 2.14. The van der Waals surface area contributed by atoms with Crippen molar-refractivity contribution >= 4 is 28.5 Å². The number of para-hydroxylation sites is 1. The largest absolute Gasteiger partial charge is 0.364 e. The van der Waals surface area contributed by atoms with E-state index < -0.39 is 5.91 Å². The molecular formula is C14H15N7O2. The van der Waals surface area contributed by atoms with Crippen molar-refractivity contribution in [3.05, 3.63) is 36.2 Å². The second-order valence-corrected chi connectivity index (χ2v) is 4.90. The van der Waals surface area contributed by atoms with Crippen LogP contribution in [-0.4, -0.2) is 36.6 Å². The van der Waals surface area contributed by atoms with Crippen molar-refractivity contribution in [1.29, 1.82) is 0 Å². The fourth-order valence-electron chi connectivity index (χ4n) is 2.22. The van der Waals surface area contributed by atoms with Gasteiger partial charge in [-0.15, -0.1) is 5.10 Å². The SMILES string of the molecule is CCn1cc(NC(=O)Cn2nnc3ccccc32)c(C(N)=O)n1. The lowest BCUT2D eigenvalue weighted by Gasteiger charge is -2.04. The van der Waals surface area contributed by atoms with Gasteiger partial charge in [0.15, 0.2) is 5.69 Å². The Hall–Kier alpha value is -3.23. The van der Waals surface area contributed by atoms with Crippen molar-refractivity contribution in [2.75, 3.05) is 5.32 Å². The van der Waals surface area contributed by atoms with E-state index in [0.717, 1.165) is 5.52 Å². The molecule has 0 bridgehead atoms. The Kier molecular flexibility index (Phi) is 3.75. The molecule has 3 aromatic rings. The fourth-order valence-corrected chi connectivity index (χ4v) is 2.22. The minimum Gasteiger partial charge on any atom is -0.364 e. The number of benzene rings is 1. The summed E-state index contributed by atoms with van der Waals surface area (Å²) in [5.74, 6) is -1.04. The number of amides is 2. The van der Waals surface area contributed by atoms with E-state index in [2.05, 4.69) is 20.7 Å². The van der Waals surface area contributed by atoms with E-state index in [-0.39, 0.29) is 23.8 Å². The zero-order valence-corrected chi connectivity index (χ0v) is 12.4. The van der Waals surface area contributed by atoms with Crippen molar-refractivity contribution in [1.82, 2.24) is 24.8 Å². The predicted molar refractivity (Wildman–Crippen MR) is 82.6 cm³/mol. The summed E-state index contributed by atoms with van der Waals surface area (Å²) < 4.78 is 3.01. The van der Waals surface area contributed by atoms with Gasteiger partial charge >= 0.3 is 0 Å². The average molecular weight is 313 g/mol. The van der Waals surface area contributed by atoms with E-state index in [9.17, 15) is 9.59 Å². The van der Waals surface area contributed by atoms with E-state index in [1.165, 1.54) is 9.36 Å². The number of nitrogens with one attached hydrogen (secondary N) is 1. The molecule has 0 aliphatic carbocycles. The van der Waals surface area contributed by atoms with E-state index >= 15 is 0 Å². The summed E-state index contributed by atoms with van der Waals surface area (Å²) in [6.45, 7) is 2.39. The summed E-state index contributed by atoms with van der Waals surface area (Å²) in [4.78, 5) is 23.6. The van der Waals surface area contributed by atoms with Gasteiger partial charge in [0.2, 0.25) is 5.91 Å². The van der Waals surface area contributed by atoms with Crippen molar-refractivity contribution in [2.24, 2.45) is 5.73 Å². The summed E-state index contributed by atoms with van der Waals surface area (Å²) in [6.07, 6.45) is 1.57. The molecule has 2 amide bonds. The summed E-state index contributed by atoms with van der Waals surface area (Å²) in [6, 6.07) is 7.33. The van der Waals surface area contributed by atoms with Gasteiger partial charge < -0.3 is 11.1 Å². The molecule has 2 heterocycles. The molecule has 0 atom stereocenters. The molecule has 9 heteroatoms. The molecule has 2 aromatic heterocycles. The smallest absolute Gasteiger partial charge is 0.271 e. The van der Waals surface area contributed by atoms with Gasteiger partial charge in [-0.1, -0.05) is 17.3 Å². The van der Waals surface area contributed by atoms with E-state index in [4.69, 9.17) is 5.73 Å². The number of nitrogens with two attached hydrogens (primary N) is 1. The zero-order chi connectivity index (χ0) is 16.4. The lowest BCUT2D eigenvalue weighted by Crippen LogP contribution is -2.22. The van der Waals surface area contributed by atoms with Gasteiger partial charge in [0, 0.05) is 12.7 Å². The highest BCUT2D eigenvalue weighted by Gasteiger charge is 2.17. The molecule has 0 aliphatic rings. The molecule has 0 aliphatic heterocycles. The Labute approximate surface area is 131 Å². The number of fused-ring (bicyclic) bond motifs is 1. The number of hydrogen-bond acceptors (Lipinski definition) is 5. The number of rotatable bonds is 5. The van der Waals surface area contributed by atoms with Gasteiger partial charge in [-0.2, -0.15) is 5.10 Å². The Morgan fingerprint density at radius 3 is 2.83 bits per heavy atom. The summed E-state index contributed by atoms with van der Waals surface area (Å²) >= 11 is 0. The van der Waals surface area contributed by atoms with Gasteiger partial charge in [0.05, 0.1) is 11.2 Å². The Bertz CT molecular complexity index is 880. The van der Waals surface area contributed by atoms with Gasteiger partial charge in [-0.25, -0.2) is 4.68 Å². The van der Waals surface area contributed by atoms with Crippen LogP contribution in [0, 0.1) is 0 Å². The van der Waals surface area contributed by atoms with Crippen molar-refractivity contribution < 1.29 is 9.59 Å². The number of carbonyl (C=O) groups is 2. The Balaban J connectivity index is 1.80. The van der Waals surface area contributed by atoms with E-state index in [1.807, 2.05) is 31.2 Å². The zero-order valence-electron chi connectivity index (χ0n) is 12.4. The van der Waals surface area contributed by atoms with Crippen LogP contribution in [-0.2, 0) is 17.9 Å². The minimum atomic E-state index is -0.696. The molecule has 0 saturated heterocycles. The number of anilines is 1. The first-order chi connectivity index (χ1) is 11.1. The molecule has 0 unspecified atom stereocenters. The van der Waals surface area contributed by atoms with Crippen LogP contribution >= 0.6 is 0 Å². The molecule has 0 spiro atoms. The number of aromatic nitrogens is 5. The van der Waals surface area contributed by atoms with Crippen molar-refractivity contribution in [3.8, 4) is 0 Å². The monoisotopic (exact) mass is 313 g/mol. The van der Waals surface area contributed by atoms with Gasteiger partial charge in [0.1, 0.15) is 12.1 Å². The number of primary amides is 1. The number of hydrogen-bond donors (Lipinski definition) is 2. The molecule has 9 nitrogen and oxygen atoms in total. The highest BCUT2D eigenvalue weighted by molar-refractivity contribution is 6.01. The van der Waals surface area contributed by atoms with Gasteiger partial charge in [-0.3, -0.25) is 14.3 Å². The number of carbonyl (C=O) groups excluding carboxylic acids is 2. The van der Waals surface area contributed by atoms with E-state index in [1.54, 1.807) is 6.20 Å². The lowest BCUT2D eigenvalue weighted by molar-refractivity contribution is -0.116. The average Bonchev–Trinajstić information content (AvgIpc) is 3.12. The molecule has 0 fully saturated rings. The van der Waals surface area contributed by atoms with E-state index in [0.29, 0.717) is 12.1 Å². The molecular weight excluding hydrogens is 298 g/mol. The first kappa shape index (κ1) is 14.7. The lowest BCUT2D eigenvalue weighted by atomic mass is 10.3. The molecule has 0 saturated carbocycles. The number of aryl methyl sites for hydroxylation is 1. The normalized spacial score (nSPS) is 10.8.